The fourth-order valence-electron chi connectivity index (χ4n) is 2.99. The molecule has 0 aliphatic carbocycles. The van der Waals surface area contributed by atoms with Gasteiger partial charge in [0.2, 0.25) is 0 Å². The summed E-state index contributed by atoms with van der Waals surface area (Å²) in [5.74, 6) is 0. The molecule has 106 valence electrons. The van der Waals surface area contributed by atoms with Crippen molar-refractivity contribution < 1.29 is 0 Å². The fraction of sp³-hybridized carbons (Fsp3) is 0.294. The summed E-state index contributed by atoms with van der Waals surface area (Å²) in [6.45, 7) is 1.13. The molecule has 1 unspecified atom stereocenters. The number of benzene rings is 1. The van der Waals surface area contributed by atoms with Crippen LogP contribution in [0, 0.1) is 0 Å². The smallest absolute Gasteiger partial charge is 0.0871 e. The van der Waals surface area contributed by atoms with Crippen LogP contribution in [0.4, 0.5) is 5.69 Å². The van der Waals surface area contributed by atoms with Gasteiger partial charge in [0.25, 0.3) is 0 Å². The first-order chi connectivity index (χ1) is 10.4. The van der Waals surface area contributed by atoms with Gasteiger partial charge < -0.3 is 5.32 Å². The predicted octanol–water partition coefficient (Wildman–Crippen LogP) is 3.68. The minimum atomic E-state index is 0.424. The van der Waals surface area contributed by atoms with Crippen LogP contribution in [-0.2, 0) is 0 Å². The predicted molar refractivity (Wildman–Crippen MR) is 88.5 cm³/mol. The Kier molecular flexibility index (Phi) is 3.49. The summed E-state index contributed by atoms with van der Waals surface area (Å²) >= 11 is 1.89. The molecule has 0 amide bonds. The standard InChI is InChI=1S/C17H17N3S/c1-2-5-12(6-3-1)13-9-18-10-16-17(13)20-11-15(21-16)14-7-4-8-19-14/h1-3,5-6,9-11,14-15,19H,4,7-8H2/t14-,15?/m0/s1. The topological polar surface area (TPSA) is 37.3 Å². The second kappa shape index (κ2) is 5.62. The molecule has 1 aromatic carbocycles. The molecule has 2 aromatic rings. The monoisotopic (exact) mass is 295 g/mol. The first-order valence-electron chi connectivity index (χ1n) is 7.39. The summed E-state index contributed by atoms with van der Waals surface area (Å²) < 4.78 is 0. The Morgan fingerprint density at radius 1 is 1.14 bits per heavy atom. The van der Waals surface area contributed by atoms with Gasteiger partial charge in [-0.1, -0.05) is 30.3 Å². The largest absolute Gasteiger partial charge is 0.312 e. The van der Waals surface area contributed by atoms with E-state index < -0.39 is 0 Å². The molecule has 0 spiro atoms. The van der Waals surface area contributed by atoms with E-state index in [0.29, 0.717) is 11.3 Å². The number of nitrogens with zero attached hydrogens (tertiary/aromatic N) is 2. The van der Waals surface area contributed by atoms with Gasteiger partial charge in [-0.25, -0.2) is 0 Å². The molecule has 2 aliphatic heterocycles. The second-order valence-corrected chi connectivity index (χ2v) is 6.68. The maximum Gasteiger partial charge on any atom is 0.0871 e. The lowest BCUT2D eigenvalue weighted by Gasteiger charge is -2.24. The minimum absolute atomic E-state index is 0.424. The Hall–Kier alpha value is -1.65. The maximum absolute atomic E-state index is 4.77. The molecule has 3 heterocycles. The lowest BCUT2D eigenvalue weighted by atomic mass is 10.1. The van der Waals surface area contributed by atoms with Crippen LogP contribution >= 0.6 is 11.8 Å². The number of pyridine rings is 1. The van der Waals surface area contributed by atoms with Crippen molar-refractivity contribution in [3.8, 4) is 11.1 Å². The summed E-state index contributed by atoms with van der Waals surface area (Å²) in [6, 6.07) is 10.9. The van der Waals surface area contributed by atoms with Gasteiger partial charge >= 0.3 is 0 Å². The van der Waals surface area contributed by atoms with Crippen LogP contribution in [0.2, 0.25) is 0 Å². The van der Waals surface area contributed by atoms with Crippen LogP contribution in [-0.4, -0.2) is 29.0 Å². The van der Waals surface area contributed by atoms with Crippen molar-refractivity contribution in [1.29, 1.82) is 0 Å². The van der Waals surface area contributed by atoms with Crippen molar-refractivity contribution in [2.75, 3.05) is 6.54 Å². The molecule has 2 atom stereocenters. The minimum Gasteiger partial charge on any atom is -0.312 e. The number of fused-ring (bicyclic) bond motifs is 1. The first-order valence-corrected chi connectivity index (χ1v) is 8.27. The lowest BCUT2D eigenvalue weighted by molar-refractivity contribution is 0.641. The average molecular weight is 295 g/mol. The molecule has 0 radical (unpaired) electrons. The van der Waals surface area contributed by atoms with Crippen LogP contribution in [0.5, 0.6) is 0 Å². The molecule has 1 N–H and O–H groups in total. The van der Waals surface area contributed by atoms with E-state index in [-0.39, 0.29) is 0 Å². The van der Waals surface area contributed by atoms with Gasteiger partial charge in [-0.05, 0) is 24.9 Å². The number of aromatic nitrogens is 1. The SMILES string of the molecule is C1=Nc2c(cncc2-c2ccccc2)SC1[C@@H]1CCCN1. The Bertz CT molecular complexity index is 663. The Balaban J connectivity index is 1.69. The molecule has 21 heavy (non-hydrogen) atoms. The number of rotatable bonds is 2. The third-order valence-corrected chi connectivity index (χ3v) is 5.35. The fourth-order valence-corrected chi connectivity index (χ4v) is 4.19. The van der Waals surface area contributed by atoms with E-state index in [1.54, 1.807) is 0 Å². The van der Waals surface area contributed by atoms with E-state index in [9.17, 15) is 0 Å². The zero-order valence-electron chi connectivity index (χ0n) is 11.7. The molecular weight excluding hydrogens is 278 g/mol. The Morgan fingerprint density at radius 2 is 2.05 bits per heavy atom. The number of aliphatic imine (C=N–C) groups is 1. The van der Waals surface area contributed by atoms with Gasteiger partial charge in [-0.3, -0.25) is 9.98 Å². The van der Waals surface area contributed by atoms with E-state index in [1.165, 1.54) is 23.3 Å². The Morgan fingerprint density at radius 3 is 2.86 bits per heavy atom. The number of hydrogen-bond acceptors (Lipinski definition) is 4. The van der Waals surface area contributed by atoms with Crippen molar-refractivity contribution >= 4 is 23.7 Å². The highest BCUT2D eigenvalue weighted by molar-refractivity contribution is 8.00. The summed E-state index contributed by atoms with van der Waals surface area (Å²) in [7, 11) is 0. The molecule has 4 rings (SSSR count). The van der Waals surface area contributed by atoms with Crippen molar-refractivity contribution in [3.05, 3.63) is 42.7 Å². The van der Waals surface area contributed by atoms with E-state index in [2.05, 4.69) is 40.8 Å². The third-order valence-electron chi connectivity index (χ3n) is 4.08. The molecule has 4 heteroatoms. The summed E-state index contributed by atoms with van der Waals surface area (Å²) in [5, 5.41) is 3.99. The van der Waals surface area contributed by atoms with Gasteiger partial charge in [0, 0.05) is 30.2 Å². The van der Waals surface area contributed by atoms with E-state index in [4.69, 9.17) is 4.99 Å². The van der Waals surface area contributed by atoms with Crippen LogP contribution in [0.1, 0.15) is 12.8 Å². The van der Waals surface area contributed by atoms with Crippen molar-refractivity contribution in [3.63, 3.8) is 0 Å². The highest BCUT2D eigenvalue weighted by atomic mass is 32.2. The second-order valence-electron chi connectivity index (χ2n) is 5.46. The highest BCUT2D eigenvalue weighted by Gasteiger charge is 2.28. The van der Waals surface area contributed by atoms with Crippen LogP contribution < -0.4 is 5.32 Å². The molecule has 1 fully saturated rings. The van der Waals surface area contributed by atoms with Crippen LogP contribution in [0.25, 0.3) is 11.1 Å². The molecular formula is C17H17N3S. The molecule has 1 aromatic heterocycles. The average Bonchev–Trinajstić information content (AvgIpc) is 3.09. The third kappa shape index (κ3) is 2.49. The van der Waals surface area contributed by atoms with Gasteiger partial charge in [0.05, 0.1) is 15.8 Å². The molecule has 3 nitrogen and oxygen atoms in total. The summed E-state index contributed by atoms with van der Waals surface area (Å²) in [6.07, 6.45) is 8.49. The normalized spacial score (nSPS) is 24.0. The number of thioether (sulfide) groups is 1. The number of hydrogen-bond donors (Lipinski definition) is 1. The quantitative estimate of drug-likeness (QED) is 0.918. The molecule has 1 saturated heterocycles. The van der Waals surface area contributed by atoms with Crippen LogP contribution in [0.15, 0.2) is 52.6 Å². The summed E-state index contributed by atoms with van der Waals surface area (Å²) in [4.78, 5) is 10.4. The molecule has 2 aliphatic rings. The van der Waals surface area contributed by atoms with Crippen LogP contribution in [0.3, 0.4) is 0 Å². The summed E-state index contributed by atoms with van der Waals surface area (Å²) in [5.41, 5.74) is 3.36. The van der Waals surface area contributed by atoms with Gasteiger partial charge in [0.15, 0.2) is 0 Å². The van der Waals surface area contributed by atoms with Gasteiger partial charge in [0.1, 0.15) is 0 Å². The van der Waals surface area contributed by atoms with Gasteiger partial charge in [-0.2, -0.15) is 0 Å². The van der Waals surface area contributed by atoms with Crippen molar-refractivity contribution in [1.82, 2.24) is 10.3 Å². The highest BCUT2D eigenvalue weighted by Crippen LogP contribution is 2.42. The number of nitrogens with one attached hydrogen (secondary N) is 1. The van der Waals surface area contributed by atoms with E-state index >= 15 is 0 Å². The lowest BCUT2D eigenvalue weighted by Crippen LogP contribution is -2.34. The van der Waals surface area contributed by atoms with Crippen molar-refractivity contribution in [2.24, 2.45) is 4.99 Å². The van der Waals surface area contributed by atoms with Crippen molar-refractivity contribution in [2.45, 2.75) is 29.0 Å². The molecule has 0 bridgehead atoms. The zero-order valence-corrected chi connectivity index (χ0v) is 12.5. The molecule has 0 saturated carbocycles. The van der Waals surface area contributed by atoms with E-state index in [1.807, 2.05) is 30.2 Å². The van der Waals surface area contributed by atoms with Gasteiger partial charge in [-0.15, -0.1) is 11.8 Å². The first kappa shape index (κ1) is 13.0. The van der Waals surface area contributed by atoms with E-state index in [0.717, 1.165) is 17.8 Å². The Labute approximate surface area is 128 Å². The zero-order chi connectivity index (χ0) is 14.1. The maximum atomic E-state index is 4.77.